The highest BCUT2D eigenvalue weighted by Crippen LogP contribution is 2.27. The lowest BCUT2D eigenvalue weighted by atomic mass is 10.0. The number of nitrogens with zero attached hydrogens (tertiary/aromatic N) is 5. The Bertz CT molecular complexity index is 926. The second kappa shape index (κ2) is 10.2. The minimum Gasteiger partial charge on any atom is -0.352 e. The van der Waals surface area contributed by atoms with Gasteiger partial charge in [-0.15, -0.1) is 35.3 Å². The average Bonchev–Trinajstić information content (AvgIpc) is 3.38. The highest BCUT2D eigenvalue weighted by Gasteiger charge is 2.17. The van der Waals surface area contributed by atoms with Crippen molar-refractivity contribution in [2.75, 3.05) is 14.1 Å². The van der Waals surface area contributed by atoms with Crippen molar-refractivity contribution in [1.82, 2.24) is 25.0 Å². The molecule has 0 unspecified atom stereocenters. The van der Waals surface area contributed by atoms with Crippen LogP contribution in [0.4, 0.5) is 0 Å². The van der Waals surface area contributed by atoms with Gasteiger partial charge in [0.25, 0.3) is 0 Å². The Labute approximate surface area is 193 Å². The summed E-state index contributed by atoms with van der Waals surface area (Å²) in [5.41, 5.74) is 3.56. The predicted octanol–water partition coefficient (Wildman–Crippen LogP) is 4.03. The summed E-state index contributed by atoms with van der Waals surface area (Å²) in [7, 11) is 3.89. The number of benzene rings is 1. The lowest BCUT2D eigenvalue weighted by Crippen LogP contribution is -2.38. The Kier molecular flexibility index (Phi) is 7.65. The van der Waals surface area contributed by atoms with Crippen LogP contribution in [0.15, 0.2) is 47.7 Å². The van der Waals surface area contributed by atoms with Crippen molar-refractivity contribution >= 4 is 41.3 Å². The van der Waals surface area contributed by atoms with Crippen LogP contribution in [0.3, 0.4) is 0 Å². The summed E-state index contributed by atoms with van der Waals surface area (Å²) in [6, 6.07) is 10.3. The Morgan fingerprint density at radius 2 is 2.14 bits per heavy atom. The van der Waals surface area contributed by atoms with Crippen LogP contribution >= 0.6 is 35.3 Å². The molecule has 0 atom stereocenters. The van der Waals surface area contributed by atoms with Crippen LogP contribution in [0.25, 0.3) is 5.69 Å². The van der Waals surface area contributed by atoms with Crippen molar-refractivity contribution in [2.24, 2.45) is 4.99 Å². The third-order valence-electron chi connectivity index (χ3n) is 4.97. The van der Waals surface area contributed by atoms with Gasteiger partial charge in [0, 0.05) is 37.9 Å². The average molecular weight is 522 g/mol. The van der Waals surface area contributed by atoms with Crippen LogP contribution in [0.5, 0.6) is 0 Å². The number of fused-ring (bicyclic) bond motifs is 1. The molecule has 3 aromatic rings. The van der Waals surface area contributed by atoms with Crippen molar-refractivity contribution in [1.29, 1.82) is 0 Å². The Morgan fingerprint density at radius 3 is 2.90 bits per heavy atom. The molecule has 0 saturated carbocycles. The van der Waals surface area contributed by atoms with E-state index in [1.54, 1.807) is 6.20 Å². The largest absolute Gasteiger partial charge is 0.352 e. The third kappa shape index (κ3) is 5.36. The normalized spacial score (nSPS) is 13.5. The van der Waals surface area contributed by atoms with E-state index in [1.807, 2.05) is 35.3 Å². The molecule has 0 bridgehead atoms. The molecule has 0 radical (unpaired) electrons. The van der Waals surface area contributed by atoms with E-state index in [9.17, 15) is 0 Å². The van der Waals surface area contributed by atoms with E-state index in [1.165, 1.54) is 40.4 Å². The quantitative estimate of drug-likeness (QED) is 0.312. The number of guanidine groups is 1. The summed E-state index contributed by atoms with van der Waals surface area (Å²) in [5.74, 6) is 0.873. The maximum atomic E-state index is 4.85. The number of aryl methyl sites for hydroxylation is 2. The highest BCUT2D eigenvalue weighted by molar-refractivity contribution is 14.0. The zero-order chi connectivity index (χ0) is 19.3. The van der Waals surface area contributed by atoms with Crippen molar-refractivity contribution in [3.8, 4) is 5.69 Å². The summed E-state index contributed by atoms with van der Waals surface area (Å²) >= 11 is 1.86. The summed E-state index contributed by atoms with van der Waals surface area (Å²) in [6.07, 6.45) is 8.63. The molecule has 1 aliphatic rings. The van der Waals surface area contributed by atoms with Gasteiger partial charge in [0.1, 0.15) is 5.01 Å². The first-order valence-electron chi connectivity index (χ1n) is 9.71. The van der Waals surface area contributed by atoms with E-state index in [0.29, 0.717) is 6.54 Å². The molecular weight excluding hydrogens is 495 g/mol. The molecule has 2 heterocycles. The minimum atomic E-state index is 0. The zero-order valence-electron chi connectivity index (χ0n) is 16.8. The van der Waals surface area contributed by atoms with Gasteiger partial charge in [-0.05, 0) is 49.4 Å². The van der Waals surface area contributed by atoms with Crippen molar-refractivity contribution < 1.29 is 0 Å². The standard InChI is InChI=1S/C21H26N6S.HI/c1-22-21(26(2)15-20-25-18-9-3-4-10-19(18)28-20)23-14-16-7-5-8-17(13-16)27-12-6-11-24-27;/h5-8,11-13H,3-4,9-10,14-15H2,1-2H3,(H,22,23);1H. The number of aromatic nitrogens is 3. The minimum absolute atomic E-state index is 0. The summed E-state index contributed by atoms with van der Waals surface area (Å²) in [5, 5.41) is 8.94. The van der Waals surface area contributed by atoms with Crippen molar-refractivity contribution in [3.63, 3.8) is 0 Å². The molecule has 0 saturated heterocycles. The van der Waals surface area contributed by atoms with Gasteiger partial charge in [-0.2, -0.15) is 5.10 Å². The topological polar surface area (TPSA) is 58.3 Å². The number of halogens is 1. The van der Waals surface area contributed by atoms with E-state index in [0.717, 1.165) is 24.6 Å². The van der Waals surface area contributed by atoms with E-state index < -0.39 is 0 Å². The van der Waals surface area contributed by atoms with Crippen molar-refractivity contribution in [2.45, 2.75) is 38.8 Å². The molecule has 2 aromatic heterocycles. The van der Waals surface area contributed by atoms with Crippen LogP contribution < -0.4 is 5.32 Å². The molecule has 154 valence electrons. The lowest BCUT2D eigenvalue weighted by Gasteiger charge is -2.21. The number of nitrogens with one attached hydrogen (secondary N) is 1. The van der Waals surface area contributed by atoms with Gasteiger partial charge in [-0.25, -0.2) is 9.67 Å². The van der Waals surface area contributed by atoms with Gasteiger partial charge < -0.3 is 10.2 Å². The second-order valence-electron chi connectivity index (χ2n) is 7.06. The van der Waals surface area contributed by atoms with Crippen LogP contribution in [0.2, 0.25) is 0 Å². The number of rotatable bonds is 5. The van der Waals surface area contributed by atoms with E-state index in [2.05, 4.69) is 51.6 Å². The molecule has 0 fully saturated rings. The van der Waals surface area contributed by atoms with E-state index >= 15 is 0 Å². The molecule has 1 aliphatic carbocycles. The second-order valence-corrected chi connectivity index (χ2v) is 8.23. The van der Waals surface area contributed by atoms with Gasteiger partial charge in [-0.1, -0.05) is 12.1 Å². The SMILES string of the molecule is CN=C(NCc1cccc(-n2cccn2)c1)N(C)Cc1nc2c(s1)CCCC2.I. The molecule has 29 heavy (non-hydrogen) atoms. The fourth-order valence-corrected chi connectivity index (χ4v) is 4.76. The Morgan fingerprint density at radius 1 is 1.28 bits per heavy atom. The van der Waals surface area contributed by atoms with Gasteiger partial charge in [0.05, 0.1) is 17.9 Å². The summed E-state index contributed by atoms with van der Waals surface area (Å²) in [6.45, 7) is 1.49. The van der Waals surface area contributed by atoms with Crippen LogP contribution in [0.1, 0.15) is 34.0 Å². The molecule has 6 nitrogen and oxygen atoms in total. The maximum absolute atomic E-state index is 4.85. The van der Waals surface area contributed by atoms with E-state index in [-0.39, 0.29) is 24.0 Å². The molecule has 8 heteroatoms. The fraction of sp³-hybridized carbons (Fsp3) is 0.381. The summed E-state index contributed by atoms with van der Waals surface area (Å²) in [4.78, 5) is 12.9. The van der Waals surface area contributed by atoms with Gasteiger partial charge in [0.15, 0.2) is 5.96 Å². The number of hydrogen-bond donors (Lipinski definition) is 1. The molecule has 4 rings (SSSR count). The van der Waals surface area contributed by atoms with Gasteiger partial charge >= 0.3 is 0 Å². The first-order chi connectivity index (χ1) is 13.7. The van der Waals surface area contributed by atoms with Crippen LogP contribution in [-0.2, 0) is 25.9 Å². The third-order valence-corrected chi connectivity index (χ3v) is 6.11. The van der Waals surface area contributed by atoms with Crippen LogP contribution in [0, 0.1) is 0 Å². The maximum Gasteiger partial charge on any atom is 0.194 e. The molecule has 1 aromatic carbocycles. The van der Waals surface area contributed by atoms with Gasteiger partial charge in [-0.3, -0.25) is 4.99 Å². The summed E-state index contributed by atoms with van der Waals surface area (Å²) < 4.78 is 1.87. The Hall–Kier alpha value is -1.94. The van der Waals surface area contributed by atoms with Crippen LogP contribution in [-0.4, -0.2) is 39.7 Å². The van der Waals surface area contributed by atoms with Gasteiger partial charge in [0.2, 0.25) is 0 Å². The molecule has 0 spiro atoms. The van der Waals surface area contributed by atoms with E-state index in [4.69, 9.17) is 4.98 Å². The molecule has 0 aliphatic heterocycles. The molecule has 0 amide bonds. The Balaban J connectivity index is 0.00000240. The first kappa shape index (κ1) is 21.8. The molecular formula is C21H27IN6S. The number of aliphatic imine (C=N–C) groups is 1. The number of hydrogen-bond acceptors (Lipinski definition) is 4. The first-order valence-corrected chi connectivity index (χ1v) is 10.5. The monoisotopic (exact) mass is 522 g/mol. The lowest BCUT2D eigenvalue weighted by molar-refractivity contribution is 0.474. The molecule has 1 N–H and O–H groups in total. The smallest absolute Gasteiger partial charge is 0.194 e. The van der Waals surface area contributed by atoms with Crippen molar-refractivity contribution in [3.05, 3.63) is 63.9 Å². The fourth-order valence-electron chi connectivity index (χ4n) is 3.55. The number of thiazole rings is 1. The predicted molar refractivity (Wildman–Crippen MR) is 129 cm³/mol. The highest BCUT2D eigenvalue weighted by atomic mass is 127. The zero-order valence-corrected chi connectivity index (χ0v) is 20.0.